The highest BCUT2D eigenvalue weighted by molar-refractivity contribution is 7.94. The number of hydrogen-bond donors (Lipinski definition) is 1. The maximum absolute atomic E-state index is 11.6. The van der Waals surface area contributed by atoms with Crippen molar-refractivity contribution in [2.75, 3.05) is 32.2 Å². The number of ether oxygens (including phenoxy) is 2. The monoisotopic (exact) mass is 735 g/mol. The zero-order valence-corrected chi connectivity index (χ0v) is 29.5. The quantitative estimate of drug-likeness (QED) is 0.0359. The van der Waals surface area contributed by atoms with Gasteiger partial charge in [0.05, 0.1) is 42.6 Å². The average Bonchev–Trinajstić information content (AvgIpc) is 3.56. The number of nitrogens with zero attached hydrogens (tertiary/aromatic N) is 7. The molecule has 0 saturated heterocycles. The zero-order valence-electron chi connectivity index (χ0n) is 27.1. The molecule has 17 heteroatoms. The van der Waals surface area contributed by atoms with Crippen molar-refractivity contribution in [3.63, 3.8) is 0 Å². The lowest BCUT2D eigenvalue weighted by Gasteiger charge is -2.24. The van der Waals surface area contributed by atoms with Gasteiger partial charge >= 0.3 is 0 Å². The highest BCUT2D eigenvalue weighted by Crippen LogP contribution is 2.44. The molecule has 0 unspecified atom stereocenters. The van der Waals surface area contributed by atoms with Crippen molar-refractivity contribution in [2.24, 2.45) is 20.5 Å². The summed E-state index contributed by atoms with van der Waals surface area (Å²) in [6, 6.07) is 22.0. The van der Waals surface area contributed by atoms with E-state index in [1.54, 1.807) is 56.7 Å². The summed E-state index contributed by atoms with van der Waals surface area (Å²) in [4.78, 5) is 18.3. The molecule has 0 aliphatic carbocycles. The van der Waals surface area contributed by atoms with Gasteiger partial charge in [-0.25, -0.2) is 10.2 Å². The summed E-state index contributed by atoms with van der Waals surface area (Å²) in [5, 5.41) is 42.9. The zero-order chi connectivity index (χ0) is 35.6. The Balaban J connectivity index is 1.55. The van der Waals surface area contributed by atoms with Gasteiger partial charge in [0.2, 0.25) is 5.13 Å². The van der Waals surface area contributed by atoms with Crippen LogP contribution in [0.1, 0.15) is 13.8 Å². The van der Waals surface area contributed by atoms with E-state index in [1.807, 2.05) is 38.1 Å². The maximum atomic E-state index is 11.6. The number of anilines is 1. The second kappa shape index (κ2) is 17.1. The molecule has 14 nitrogen and oxygen atoms in total. The van der Waals surface area contributed by atoms with Gasteiger partial charge in [-0.3, -0.25) is 10.1 Å². The molecule has 0 radical (unpaired) electrons. The summed E-state index contributed by atoms with van der Waals surface area (Å²) in [6.45, 7) is 5.63. The SMILES string of the molecule is CCN(CC)c1cc(OC)c(N=Nc2nc(-c3cccc([N+](=O)[O-])c3)c(N=Nc3ccc(-c4ccccc4Cl)c(SOOO)c3)s2)cc1OC. The molecule has 1 aromatic heterocycles. The van der Waals surface area contributed by atoms with Crippen LogP contribution in [0.3, 0.4) is 0 Å². The van der Waals surface area contributed by atoms with Crippen LogP contribution in [0.4, 0.5) is 32.9 Å². The Morgan fingerprint density at radius 2 is 1.70 bits per heavy atom. The lowest BCUT2D eigenvalue weighted by molar-refractivity contribution is -0.432. The van der Waals surface area contributed by atoms with Gasteiger partial charge in [-0.15, -0.1) is 24.8 Å². The fraction of sp³-hybridized carbons (Fsp3) is 0.182. The van der Waals surface area contributed by atoms with E-state index in [-0.39, 0.29) is 10.8 Å². The molecule has 0 saturated carbocycles. The number of aromatic nitrogens is 1. The molecule has 0 spiro atoms. The fourth-order valence-electron chi connectivity index (χ4n) is 4.92. The van der Waals surface area contributed by atoms with Crippen molar-refractivity contribution in [3.05, 3.63) is 94.0 Å². The molecule has 1 heterocycles. The first-order valence-corrected chi connectivity index (χ1v) is 16.9. The van der Waals surface area contributed by atoms with E-state index in [2.05, 4.69) is 35.4 Å². The van der Waals surface area contributed by atoms with Gasteiger partial charge in [0.15, 0.2) is 5.00 Å². The minimum Gasteiger partial charge on any atom is -0.494 e. The number of methoxy groups -OCH3 is 2. The topological polar surface area (TPSA) is 166 Å². The summed E-state index contributed by atoms with van der Waals surface area (Å²) in [6.07, 6.45) is 0. The van der Waals surface area contributed by atoms with E-state index < -0.39 is 4.92 Å². The maximum Gasteiger partial charge on any atom is 0.270 e. The third kappa shape index (κ3) is 8.42. The van der Waals surface area contributed by atoms with E-state index in [9.17, 15) is 10.1 Å². The van der Waals surface area contributed by atoms with E-state index in [1.165, 1.54) is 12.1 Å². The molecular formula is C33H30ClN7O7S2. The van der Waals surface area contributed by atoms with Crippen molar-refractivity contribution < 1.29 is 29.0 Å². The first-order valence-electron chi connectivity index (χ1n) is 14.9. The van der Waals surface area contributed by atoms with E-state index >= 15 is 0 Å². The summed E-state index contributed by atoms with van der Waals surface area (Å²) in [5.74, 6) is 1.08. The van der Waals surface area contributed by atoms with Crippen molar-refractivity contribution in [2.45, 2.75) is 18.7 Å². The second-order valence-electron chi connectivity index (χ2n) is 10.1. The number of thiazole rings is 1. The number of halogens is 1. The molecule has 5 aromatic rings. The van der Waals surface area contributed by atoms with Gasteiger partial charge in [0, 0.05) is 58.4 Å². The number of azo groups is 2. The standard InChI is InChI=1S/C33H30ClN7O7S2/c1-5-40(6-2)27-19-28(45-3)26(18-29(27)46-4)37-39-33-35-31(20-10-9-11-22(16-20)41(42)43)32(49-33)38-36-21-14-15-24(30(17-21)50-48-47-44)23-12-7-8-13-25(23)34/h7-19,44H,5-6H2,1-4H3. The van der Waals surface area contributed by atoms with Gasteiger partial charge in [0.25, 0.3) is 5.69 Å². The number of nitro benzene ring substituents is 1. The van der Waals surface area contributed by atoms with E-state index in [0.29, 0.717) is 54.6 Å². The molecule has 0 atom stereocenters. The summed E-state index contributed by atoms with van der Waals surface area (Å²) in [5.41, 5.74) is 3.75. The lowest BCUT2D eigenvalue weighted by Crippen LogP contribution is -2.22. The Bertz CT molecular complexity index is 2040. The molecule has 258 valence electrons. The molecule has 0 fully saturated rings. The van der Waals surface area contributed by atoms with Crippen LogP contribution in [0.15, 0.2) is 104 Å². The average molecular weight is 736 g/mol. The molecule has 1 N–H and O–H groups in total. The molecule has 0 amide bonds. The highest BCUT2D eigenvalue weighted by Gasteiger charge is 2.19. The van der Waals surface area contributed by atoms with Crippen LogP contribution in [-0.2, 0) is 9.37 Å². The first-order chi connectivity index (χ1) is 24.3. The first kappa shape index (κ1) is 36.3. The molecule has 0 aliphatic rings. The van der Waals surface area contributed by atoms with Gasteiger partial charge in [0.1, 0.15) is 22.9 Å². The molecule has 5 rings (SSSR count). The molecule has 4 aromatic carbocycles. The summed E-state index contributed by atoms with van der Waals surface area (Å²) < 4.78 is 16.0. The Morgan fingerprint density at radius 3 is 2.40 bits per heavy atom. The van der Waals surface area contributed by atoms with Crippen LogP contribution in [0.2, 0.25) is 5.02 Å². The van der Waals surface area contributed by atoms with Crippen LogP contribution in [0.25, 0.3) is 22.4 Å². The van der Waals surface area contributed by atoms with Gasteiger partial charge in [-0.05, 0) is 37.6 Å². The third-order valence-electron chi connectivity index (χ3n) is 7.30. The van der Waals surface area contributed by atoms with Gasteiger partial charge in [-0.1, -0.05) is 64.4 Å². The van der Waals surface area contributed by atoms with Crippen LogP contribution < -0.4 is 14.4 Å². The van der Waals surface area contributed by atoms with Gasteiger partial charge in [-0.2, -0.15) is 0 Å². The fourth-order valence-corrected chi connectivity index (χ4v) is 6.43. The Morgan fingerprint density at radius 1 is 0.920 bits per heavy atom. The van der Waals surface area contributed by atoms with Crippen LogP contribution >= 0.6 is 35.0 Å². The Labute approximate surface area is 300 Å². The predicted molar refractivity (Wildman–Crippen MR) is 193 cm³/mol. The molecule has 0 bridgehead atoms. The van der Waals surface area contributed by atoms with E-state index in [0.717, 1.165) is 47.7 Å². The minimum atomic E-state index is -0.489. The number of hydrogen-bond acceptors (Lipinski definition) is 15. The molecule has 0 aliphatic heterocycles. The number of non-ortho nitro benzene ring substituents is 1. The number of nitro groups is 1. The minimum absolute atomic E-state index is 0.116. The Kier molecular flexibility index (Phi) is 12.4. The largest absolute Gasteiger partial charge is 0.494 e. The number of benzene rings is 4. The van der Waals surface area contributed by atoms with E-state index in [4.69, 9.17) is 30.7 Å². The molecule has 50 heavy (non-hydrogen) atoms. The van der Waals surface area contributed by atoms with Crippen LogP contribution in [0, 0.1) is 10.1 Å². The summed E-state index contributed by atoms with van der Waals surface area (Å²) in [7, 11) is 3.13. The predicted octanol–water partition coefficient (Wildman–Crippen LogP) is 11.2. The Hall–Kier alpha value is -4.97. The number of rotatable bonds is 15. The second-order valence-corrected chi connectivity index (χ2v) is 12.2. The lowest BCUT2D eigenvalue weighted by atomic mass is 10.1. The van der Waals surface area contributed by atoms with Gasteiger partial charge < -0.3 is 14.4 Å². The van der Waals surface area contributed by atoms with Crippen LogP contribution in [0.5, 0.6) is 11.5 Å². The molecular weight excluding hydrogens is 706 g/mol. The smallest absolute Gasteiger partial charge is 0.270 e. The van der Waals surface area contributed by atoms with Crippen molar-refractivity contribution >= 4 is 67.9 Å². The van der Waals surface area contributed by atoms with Crippen molar-refractivity contribution in [1.29, 1.82) is 0 Å². The highest BCUT2D eigenvalue weighted by atomic mass is 35.5. The summed E-state index contributed by atoms with van der Waals surface area (Å²) >= 11 is 8.27. The third-order valence-corrected chi connectivity index (χ3v) is 9.10. The van der Waals surface area contributed by atoms with Crippen molar-refractivity contribution in [1.82, 2.24) is 4.98 Å². The van der Waals surface area contributed by atoms with Crippen molar-refractivity contribution in [3.8, 4) is 33.9 Å². The van der Waals surface area contributed by atoms with Crippen LogP contribution in [-0.4, -0.2) is 42.5 Å². The normalized spacial score (nSPS) is 11.4.